The average Bonchev–Trinajstić information content (AvgIpc) is 3.47. The number of hydrogen-bond acceptors (Lipinski definition) is 8. The van der Waals surface area contributed by atoms with Crippen LogP contribution >= 0.6 is 23.2 Å². The zero-order chi connectivity index (χ0) is 39.9. The highest BCUT2D eigenvalue weighted by atomic mass is 35.5. The van der Waals surface area contributed by atoms with E-state index in [4.69, 9.17) is 37.7 Å². The monoisotopic (exact) mass is 814 g/mol. The summed E-state index contributed by atoms with van der Waals surface area (Å²) in [6.07, 6.45) is 3.27. The van der Waals surface area contributed by atoms with Gasteiger partial charge < -0.3 is 29.4 Å². The number of halogens is 4. The van der Waals surface area contributed by atoms with Gasteiger partial charge in [-0.15, -0.1) is 0 Å². The van der Waals surface area contributed by atoms with Crippen molar-refractivity contribution < 1.29 is 28.2 Å². The molecule has 10 nitrogen and oxygen atoms in total. The molecule has 0 radical (unpaired) electrons. The van der Waals surface area contributed by atoms with E-state index in [-0.39, 0.29) is 81.5 Å². The lowest BCUT2D eigenvalue weighted by atomic mass is 9.79. The Kier molecular flexibility index (Phi) is 9.79. The number of methoxy groups -OCH3 is 1. The molecular weight excluding hydrogens is 773 g/mol. The minimum atomic E-state index is -1.08. The molecule has 2 aromatic carbocycles. The van der Waals surface area contributed by atoms with Crippen molar-refractivity contribution in [3.63, 3.8) is 0 Å². The average molecular weight is 816 g/mol. The number of likely N-dealkylation sites (tertiary alicyclic amines) is 1. The van der Waals surface area contributed by atoms with Crippen molar-refractivity contribution in [1.82, 2.24) is 24.8 Å². The number of benzene rings is 2. The summed E-state index contributed by atoms with van der Waals surface area (Å²) in [6, 6.07) is 11.8. The molecule has 10 rings (SSSR count). The zero-order valence-electron chi connectivity index (χ0n) is 31.7. The molecule has 2 N–H and O–H groups in total. The quantitative estimate of drug-likeness (QED) is 0.136. The number of aromatic nitrogens is 3. The Morgan fingerprint density at radius 2 is 1.98 bits per heavy atom. The summed E-state index contributed by atoms with van der Waals surface area (Å²) in [7, 11) is 1.45. The summed E-state index contributed by atoms with van der Waals surface area (Å²) < 4.78 is 46.7. The number of aliphatic hydroxyl groups excluding tert-OH is 1. The van der Waals surface area contributed by atoms with Gasteiger partial charge in [0.1, 0.15) is 11.6 Å². The Balaban J connectivity index is 1.30. The Morgan fingerprint density at radius 3 is 2.65 bits per heavy atom. The first-order valence-electron chi connectivity index (χ1n) is 19.6. The molecule has 14 heteroatoms. The standard InChI is InChI=1S/C43H42Cl2F2N6O4/c1-4-30-34(57-33-17-35(56-3)50-19-28(33)46)16-32(52(30)43(55)21-10-11-21)31-15-26-39(20(2)54)51-40-25(42(26)53(31)41-23-14-29(41)49-18-23)13-22(7-6-12-48)36(38(40)47)24-8-5-9-27(44)37(24)45/h5,8-9,13,15,17,19-21,23,29-30,32,34,41,49,54H,4,6-7,10-11,14,16,18H2,1-3H3. The van der Waals surface area contributed by atoms with Crippen LogP contribution in [0, 0.1) is 34.8 Å². The van der Waals surface area contributed by atoms with Crippen molar-refractivity contribution in [1.29, 1.82) is 5.26 Å². The normalized spacial score (nSPS) is 24.5. The predicted molar refractivity (Wildman–Crippen MR) is 212 cm³/mol. The van der Waals surface area contributed by atoms with Crippen LogP contribution in [0.2, 0.25) is 10.0 Å². The van der Waals surface area contributed by atoms with Gasteiger partial charge in [-0.3, -0.25) is 4.79 Å². The molecule has 3 saturated heterocycles. The van der Waals surface area contributed by atoms with Crippen molar-refractivity contribution in [3.05, 3.63) is 81.2 Å². The molecule has 296 valence electrons. The molecule has 2 aliphatic carbocycles. The maximum Gasteiger partial charge on any atom is 0.226 e. The predicted octanol–water partition coefficient (Wildman–Crippen LogP) is 8.80. The maximum atomic E-state index is 17.5. The van der Waals surface area contributed by atoms with Crippen molar-refractivity contribution in [2.24, 2.45) is 11.8 Å². The molecule has 3 aliphatic heterocycles. The summed E-state index contributed by atoms with van der Waals surface area (Å²) >= 11 is 13.1. The number of nitrogens with zero attached hydrogens (tertiary/aromatic N) is 5. The fourth-order valence-corrected chi connectivity index (χ4v) is 10.1. The van der Waals surface area contributed by atoms with E-state index in [1.807, 2.05) is 24.0 Å². The van der Waals surface area contributed by atoms with Gasteiger partial charge in [0.2, 0.25) is 11.8 Å². The van der Waals surface area contributed by atoms with Gasteiger partial charge in [-0.05, 0) is 68.7 Å². The van der Waals surface area contributed by atoms with Gasteiger partial charge >= 0.3 is 0 Å². The Bertz CT molecular complexity index is 2470. The summed E-state index contributed by atoms with van der Waals surface area (Å²) in [5, 5.41) is 26.3. The van der Waals surface area contributed by atoms with Gasteiger partial charge in [-0.2, -0.15) is 5.26 Å². The van der Waals surface area contributed by atoms with Gasteiger partial charge in [0.25, 0.3) is 0 Å². The van der Waals surface area contributed by atoms with Crippen molar-refractivity contribution >= 4 is 50.9 Å². The molecule has 7 unspecified atom stereocenters. The summed E-state index contributed by atoms with van der Waals surface area (Å²) in [6.45, 7) is 4.42. The first kappa shape index (κ1) is 38.0. The molecule has 1 amide bonds. The third-order valence-electron chi connectivity index (χ3n) is 12.5. The first-order chi connectivity index (χ1) is 27.5. The number of carbonyl (C=O) groups excluding carboxylic acids is 1. The topological polar surface area (TPSA) is 126 Å². The molecule has 7 atom stereocenters. The summed E-state index contributed by atoms with van der Waals surface area (Å²) in [5.41, 5.74) is 3.06. The van der Waals surface area contributed by atoms with E-state index in [1.165, 1.54) is 13.2 Å². The molecule has 2 saturated carbocycles. The fraction of sp³-hybridized carbons (Fsp3) is 0.442. The van der Waals surface area contributed by atoms with E-state index < -0.39 is 29.9 Å². The van der Waals surface area contributed by atoms with Crippen LogP contribution in [0.3, 0.4) is 0 Å². The summed E-state index contributed by atoms with van der Waals surface area (Å²) in [5.74, 6) is -0.860. The van der Waals surface area contributed by atoms with E-state index in [1.54, 1.807) is 25.1 Å². The van der Waals surface area contributed by atoms with E-state index >= 15 is 8.78 Å². The van der Waals surface area contributed by atoms with E-state index in [0.29, 0.717) is 46.0 Å². The van der Waals surface area contributed by atoms with Gasteiger partial charge in [0.15, 0.2) is 17.4 Å². The molecule has 5 aliphatic rings. The van der Waals surface area contributed by atoms with Crippen molar-refractivity contribution in [3.8, 4) is 28.8 Å². The minimum Gasteiger partial charge on any atom is -0.485 e. The molecule has 57 heavy (non-hydrogen) atoms. The third-order valence-corrected chi connectivity index (χ3v) is 13.3. The van der Waals surface area contributed by atoms with Gasteiger partial charge in [-0.25, -0.2) is 18.7 Å². The number of nitriles is 1. The lowest BCUT2D eigenvalue weighted by Crippen LogP contribution is -2.44. The molecule has 5 fully saturated rings. The first-order valence-corrected chi connectivity index (χ1v) is 20.4. The van der Waals surface area contributed by atoms with Crippen LogP contribution in [0.4, 0.5) is 8.78 Å². The van der Waals surface area contributed by atoms with Crippen LogP contribution in [0.25, 0.3) is 32.9 Å². The number of hydrogen-bond donors (Lipinski definition) is 2. The highest BCUT2D eigenvalue weighted by molar-refractivity contribution is 6.43. The summed E-state index contributed by atoms with van der Waals surface area (Å²) in [4.78, 5) is 25.2. The smallest absolute Gasteiger partial charge is 0.226 e. The van der Waals surface area contributed by atoms with Crippen LogP contribution in [0.1, 0.15) is 87.5 Å². The molecule has 0 spiro atoms. The van der Waals surface area contributed by atoms with Gasteiger partial charge in [-0.1, -0.05) is 42.3 Å². The number of rotatable bonds is 11. The molecule has 6 heterocycles. The number of fused-ring (bicyclic) bond motifs is 4. The highest BCUT2D eigenvalue weighted by Gasteiger charge is 2.53. The highest BCUT2D eigenvalue weighted by Crippen LogP contribution is 2.53. The van der Waals surface area contributed by atoms with Gasteiger partial charge in [0, 0.05) is 65.0 Å². The van der Waals surface area contributed by atoms with Crippen LogP contribution in [0.5, 0.6) is 11.6 Å². The molecule has 5 aromatic rings. The number of aryl methyl sites for hydroxylation is 1. The molecular formula is C43H42Cl2F2N6O4. The van der Waals surface area contributed by atoms with Crippen molar-refractivity contribution in [2.45, 2.75) is 95.2 Å². The van der Waals surface area contributed by atoms with Crippen LogP contribution in [0.15, 0.2) is 42.6 Å². The minimum absolute atomic E-state index is 0.00544. The number of nitrogens with one attached hydrogen (secondary N) is 1. The number of ether oxygens (including phenoxy) is 2. The van der Waals surface area contributed by atoms with E-state index in [9.17, 15) is 15.2 Å². The fourth-order valence-electron chi connectivity index (χ4n) is 9.67. The van der Waals surface area contributed by atoms with Crippen molar-refractivity contribution in [2.75, 3.05) is 13.7 Å². The Labute approximate surface area is 338 Å². The second-order valence-corrected chi connectivity index (χ2v) is 16.6. The van der Waals surface area contributed by atoms with Crippen LogP contribution < -0.4 is 14.8 Å². The van der Waals surface area contributed by atoms with Crippen LogP contribution in [-0.4, -0.2) is 62.3 Å². The molecule has 3 aromatic heterocycles. The van der Waals surface area contributed by atoms with E-state index in [0.717, 1.165) is 37.7 Å². The van der Waals surface area contributed by atoms with E-state index in [2.05, 4.69) is 20.9 Å². The maximum absolute atomic E-state index is 17.5. The zero-order valence-corrected chi connectivity index (χ0v) is 33.2. The number of carbonyl (C=O) groups is 1. The second-order valence-electron chi connectivity index (χ2n) is 15.8. The number of aliphatic hydroxyl groups is 1. The second kappa shape index (κ2) is 14.7. The Morgan fingerprint density at radius 1 is 1.18 bits per heavy atom. The molecule has 2 bridgehead atoms. The third kappa shape index (κ3) is 6.20. The lowest BCUT2D eigenvalue weighted by molar-refractivity contribution is -0.136. The largest absolute Gasteiger partial charge is 0.485 e. The Hall–Kier alpha value is -4.54. The van der Waals surface area contributed by atoms with Gasteiger partial charge in [0.05, 0.1) is 64.9 Å². The lowest BCUT2D eigenvalue weighted by Gasteiger charge is -2.40. The SMILES string of the molecule is CCC1C(Oc2cc(OC)ncc2F)CC(c2cc3c(C(C)O)nc4c(F)c(-c5cccc(Cl)c5Cl)c(CCC#N)cc4c3n2C2C3CNC2C3)N1C(=O)C1CC1. The van der Waals surface area contributed by atoms with Crippen LogP contribution in [-0.2, 0) is 11.2 Å². The number of pyridine rings is 2. The number of amides is 1.